The van der Waals surface area contributed by atoms with Gasteiger partial charge in [-0.2, -0.15) is 8.75 Å². The maximum Gasteiger partial charge on any atom is 0.251 e. The number of anilines is 2. The van der Waals surface area contributed by atoms with Crippen molar-refractivity contribution >= 4 is 45.1 Å². The summed E-state index contributed by atoms with van der Waals surface area (Å²) in [6.07, 6.45) is 1.60. The molecule has 0 unspecified atom stereocenters. The van der Waals surface area contributed by atoms with Crippen molar-refractivity contribution in [2.75, 3.05) is 88.3 Å². The smallest absolute Gasteiger partial charge is 0.251 e. The van der Waals surface area contributed by atoms with E-state index in [9.17, 15) is 22.8 Å². The van der Waals surface area contributed by atoms with E-state index in [2.05, 4.69) is 56.1 Å². The highest BCUT2D eigenvalue weighted by Crippen LogP contribution is 2.22. The summed E-state index contributed by atoms with van der Waals surface area (Å²) in [5, 5.41) is 7.68. The lowest BCUT2D eigenvalue weighted by Gasteiger charge is -2.34. The van der Waals surface area contributed by atoms with Crippen LogP contribution in [-0.4, -0.2) is 119 Å². The molecule has 324 valence electrons. The summed E-state index contributed by atoms with van der Waals surface area (Å²) >= 11 is 2.85. The molecule has 0 radical (unpaired) electrons. The number of halogens is 3. The number of nitrogens with zero attached hydrogens (tertiary/aromatic N) is 8. The highest BCUT2D eigenvalue weighted by Gasteiger charge is 2.22. The van der Waals surface area contributed by atoms with Crippen molar-refractivity contribution in [1.29, 1.82) is 0 Å². The van der Waals surface area contributed by atoms with E-state index in [1.165, 1.54) is 65.0 Å². The van der Waals surface area contributed by atoms with Gasteiger partial charge in [-0.15, -0.1) is 0 Å². The van der Waals surface area contributed by atoms with E-state index in [0.29, 0.717) is 25.1 Å². The molecule has 2 N–H and O–H groups in total. The average Bonchev–Trinajstić information content (AvgIpc) is 3.96. The second-order valence-corrected chi connectivity index (χ2v) is 16.5. The molecule has 0 saturated carbocycles. The van der Waals surface area contributed by atoms with Gasteiger partial charge in [0.15, 0.2) is 0 Å². The predicted octanol–water partition coefficient (Wildman–Crippen LogP) is 5.71. The third kappa shape index (κ3) is 13.6. The lowest BCUT2D eigenvalue weighted by Crippen LogP contribution is -2.48. The quantitative estimate of drug-likeness (QED) is 0.133. The van der Waals surface area contributed by atoms with Gasteiger partial charge < -0.3 is 20.4 Å². The Labute approximate surface area is 367 Å². The molecule has 2 aliphatic rings. The van der Waals surface area contributed by atoms with Crippen molar-refractivity contribution in [1.82, 2.24) is 39.1 Å². The Kier molecular flexibility index (Phi) is 16.0. The first kappa shape index (κ1) is 44.3. The zero-order valence-corrected chi connectivity index (χ0v) is 35.9. The van der Waals surface area contributed by atoms with Crippen molar-refractivity contribution in [2.24, 2.45) is 0 Å². The van der Waals surface area contributed by atoms with Gasteiger partial charge in [0.2, 0.25) is 16.2 Å². The zero-order chi connectivity index (χ0) is 43.1. The Morgan fingerprint density at radius 1 is 0.548 bits per heavy atom. The lowest BCUT2D eigenvalue weighted by molar-refractivity contribution is -0.120. The van der Waals surface area contributed by atoms with Crippen LogP contribution in [0, 0.1) is 17.5 Å². The molecule has 2 aromatic heterocycles. The van der Waals surface area contributed by atoms with E-state index in [-0.39, 0.29) is 29.9 Å². The molecule has 2 saturated heterocycles. The van der Waals surface area contributed by atoms with Gasteiger partial charge in [-0.25, -0.2) is 23.1 Å². The number of aromatic nitrogens is 4. The number of hydrogen-bond donors (Lipinski definition) is 2. The van der Waals surface area contributed by atoms with Gasteiger partial charge in [0.1, 0.15) is 29.1 Å². The zero-order valence-electron chi connectivity index (χ0n) is 34.3. The fraction of sp³-hybridized carbons (Fsp3) is 0.333. The summed E-state index contributed by atoms with van der Waals surface area (Å²) in [5.74, 6) is 0.372. The summed E-state index contributed by atoms with van der Waals surface area (Å²) in [7, 11) is 0. The third-order valence-corrected chi connectivity index (χ3v) is 12.1. The van der Waals surface area contributed by atoms with Gasteiger partial charge >= 0.3 is 0 Å². The van der Waals surface area contributed by atoms with Crippen LogP contribution in [0.4, 0.5) is 23.4 Å². The van der Waals surface area contributed by atoms with Gasteiger partial charge in [-0.05, 0) is 59.2 Å². The Morgan fingerprint density at radius 2 is 1.05 bits per heavy atom. The SMILES string of the molecule is O=C(Cc1ccc(F)cc1)NCCN1CCN(c2nc(Cc3ccc(F)cc3)ns2)CC1.O=C(NCCN1CCN(c2nc(Cc3ccccc3)ns2)CC1)c1cccc(F)c1. The second kappa shape index (κ2) is 22.4. The van der Waals surface area contributed by atoms with Crippen LogP contribution in [0.3, 0.4) is 0 Å². The van der Waals surface area contributed by atoms with E-state index in [1.807, 2.05) is 18.2 Å². The Bertz CT molecular complexity index is 2320. The molecule has 17 heteroatoms. The predicted molar refractivity (Wildman–Crippen MR) is 237 cm³/mol. The monoisotopic (exact) mass is 882 g/mol. The summed E-state index contributed by atoms with van der Waals surface area (Å²) in [6.45, 7) is 9.75. The average molecular weight is 883 g/mol. The van der Waals surface area contributed by atoms with Crippen LogP contribution >= 0.6 is 23.1 Å². The number of carbonyl (C=O) groups is 2. The van der Waals surface area contributed by atoms with E-state index >= 15 is 0 Å². The fourth-order valence-electron chi connectivity index (χ4n) is 7.04. The minimum absolute atomic E-state index is 0.0576. The van der Waals surface area contributed by atoms with Gasteiger partial charge in [-0.3, -0.25) is 19.4 Å². The molecule has 4 heterocycles. The number of rotatable bonds is 15. The van der Waals surface area contributed by atoms with Crippen molar-refractivity contribution in [2.45, 2.75) is 19.3 Å². The first-order chi connectivity index (χ1) is 30.2. The van der Waals surface area contributed by atoms with Crippen molar-refractivity contribution < 1.29 is 22.8 Å². The highest BCUT2D eigenvalue weighted by molar-refractivity contribution is 7.10. The van der Waals surface area contributed by atoms with Gasteiger partial charge in [0.25, 0.3) is 5.91 Å². The Morgan fingerprint density at radius 3 is 1.58 bits per heavy atom. The minimum atomic E-state index is -0.401. The Balaban J connectivity index is 0.000000187. The molecule has 0 spiro atoms. The molecule has 8 rings (SSSR count). The maximum absolute atomic E-state index is 13.2. The van der Waals surface area contributed by atoms with E-state index in [1.54, 1.807) is 36.4 Å². The topological polar surface area (TPSA) is 123 Å². The van der Waals surface area contributed by atoms with Crippen molar-refractivity contribution in [3.8, 4) is 0 Å². The molecule has 0 aliphatic carbocycles. The number of hydrogen-bond acceptors (Lipinski definition) is 12. The van der Waals surface area contributed by atoms with Crippen LogP contribution in [0.1, 0.15) is 38.7 Å². The Hall–Kier alpha value is -5.75. The summed E-state index contributed by atoms with van der Waals surface area (Å²) < 4.78 is 48.2. The maximum atomic E-state index is 13.2. The molecule has 6 aromatic rings. The summed E-state index contributed by atoms with van der Waals surface area (Å²) in [6, 6.07) is 28.4. The minimum Gasteiger partial charge on any atom is -0.355 e. The van der Waals surface area contributed by atoms with Crippen molar-refractivity contribution in [3.63, 3.8) is 0 Å². The number of benzene rings is 4. The molecule has 2 aliphatic heterocycles. The molecule has 2 amide bonds. The molecule has 0 atom stereocenters. The van der Waals surface area contributed by atoms with Crippen LogP contribution in [0.2, 0.25) is 0 Å². The van der Waals surface area contributed by atoms with Gasteiger partial charge in [0.05, 0.1) is 6.42 Å². The first-order valence-electron chi connectivity index (χ1n) is 20.7. The number of piperazine rings is 2. The normalized spacial score (nSPS) is 14.6. The van der Waals surface area contributed by atoms with Gasteiger partial charge in [0, 0.05) is 120 Å². The third-order valence-electron chi connectivity index (χ3n) is 10.5. The summed E-state index contributed by atoms with van der Waals surface area (Å²) in [4.78, 5) is 42.6. The number of nitrogens with one attached hydrogen (secondary N) is 2. The van der Waals surface area contributed by atoms with Crippen LogP contribution < -0.4 is 20.4 Å². The molecule has 62 heavy (non-hydrogen) atoms. The highest BCUT2D eigenvalue weighted by atomic mass is 32.1. The first-order valence-corrected chi connectivity index (χ1v) is 22.2. The summed E-state index contributed by atoms with van der Waals surface area (Å²) in [5.41, 5.74) is 3.35. The molecule has 4 aromatic carbocycles. The standard InChI is InChI=1S/C23H25F2N5OS.C22H24FN5OS/c24-19-5-1-17(2-6-19)15-21-27-23(32-28-21)30-13-11-29(12-14-30)10-9-26-22(31)16-18-3-7-20(25)8-4-18;23-19-8-4-7-18(16-19)21(29)24-9-10-27-11-13-28(14-12-27)22-25-20(26-30-22)15-17-5-2-1-3-6-17/h1-8H,9-16H2,(H,26,31);1-8,16H,9-15H2,(H,24,29). The molecule has 2 fully saturated rings. The van der Waals surface area contributed by atoms with E-state index in [0.717, 1.165) is 105 Å². The van der Waals surface area contributed by atoms with Crippen molar-refractivity contribution in [3.05, 3.63) is 154 Å². The number of carbonyl (C=O) groups excluding carboxylic acids is 2. The van der Waals surface area contributed by atoms with Crippen LogP contribution in [0.15, 0.2) is 103 Å². The molecular weight excluding hydrogens is 834 g/mol. The van der Waals surface area contributed by atoms with E-state index < -0.39 is 5.82 Å². The van der Waals surface area contributed by atoms with Crippen LogP contribution in [-0.2, 0) is 24.1 Å². The molecular formula is C45H49F3N10O2S2. The lowest BCUT2D eigenvalue weighted by atomic mass is 10.1. The number of amides is 2. The molecule has 0 bridgehead atoms. The van der Waals surface area contributed by atoms with Gasteiger partial charge in [-0.1, -0.05) is 60.7 Å². The second-order valence-electron chi connectivity index (χ2n) is 15.0. The van der Waals surface area contributed by atoms with Crippen LogP contribution in [0.25, 0.3) is 0 Å². The molecule has 12 nitrogen and oxygen atoms in total. The van der Waals surface area contributed by atoms with Crippen LogP contribution in [0.5, 0.6) is 0 Å². The largest absolute Gasteiger partial charge is 0.355 e. The fourth-order valence-corrected chi connectivity index (χ4v) is 8.51. The van der Waals surface area contributed by atoms with E-state index in [4.69, 9.17) is 4.98 Å².